The van der Waals surface area contributed by atoms with E-state index in [1.165, 1.54) is 43.5 Å². The summed E-state index contributed by atoms with van der Waals surface area (Å²) in [6.45, 7) is 0.466. The molecule has 4 rings (SSSR count). The average molecular weight is 482 g/mol. The maximum Gasteiger partial charge on any atom is 0.251 e. The van der Waals surface area contributed by atoms with Gasteiger partial charge in [-0.1, -0.05) is 24.3 Å². The summed E-state index contributed by atoms with van der Waals surface area (Å²) in [4.78, 5) is 17.6. The summed E-state index contributed by atoms with van der Waals surface area (Å²) in [5.74, 6) is -0.882. The normalized spacial score (nSPS) is 12.5. The van der Waals surface area contributed by atoms with Crippen molar-refractivity contribution in [3.05, 3.63) is 96.1 Å². The molecule has 1 amide bonds. The number of hydrogen-bond acceptors (Lipinski definition) is 5. The van der Waals surface area contributed by atoms with Gasteiger partial charge in [0.15, 0.2) is 9.84 Å². The van der Waals surface area contributed by atoms with Gasteiger partial charge in [0, 0.05) is 19.2 Å². The summed E-state index contributed by atoms with van der Waals surface area (Å²) in [5.41, 5.74) is 2.78. The minimum absolute atomic E-state index is 0.0901. The van der Waals surface area contributed by atoms with Gasteiger partial charge >= 0.3 is 0 Å². The summed E-state index contributed by atoms with van der Waals surface area (Å²) in [6.07, 6.45) is 1.70. The zero-order chi connectivity index (χ0) is 24.1. The number of rotatable bonds is 9. The van der Waals surface area contributed by atoms with Crippen molar-refractivity contribution >= 4 is 26.8 Å². The van der Waals surface area contributed by atoms with E-state index in [2.05, 4.69) is 10.3 Å². The van der Waals surface area contributed by atoms with E-state index in [9.17, 15) is 17.6 Å². The number of carbonyl (C=O) groups is 1. The first-order chi connectivity index (χ1) is 16.4. The number of benzene rings is 3. The number of amides is 1. The summed E-state index contributed by atoms with van der Waals surface area (Å²) in [6, 6.07) is 18.9. The van der Waals surface area contributed by atoms with Gasteiger partial charge in [0.1, 0.15) is 5.82 Å². The molecule has 176 valence electrons. The molecule has 3 aromatic carbocycles. The largest absolute Gasteiger partial charge is 0.384 e. The smallest absolute Gasteiger partial charge is 0.251 e. The van der Waals surface area contributed by atoms with Crippen LogP contribution in [0.1, 0.15) is 22.0 Å². The molecule has 1 N–H and O–H groups in total. The number of nitrogens with zero attached hydrogens (tertiary/aromatic N) is 2. The first-order valence-corrected chi connectivity index (χ1v) is 12.3. The number of carbonyl (C=O) groups excluding carboxylic acids is 1. The SMILES string of the molecule is COCCS(=O)(=O)c1ccc(C(=O)NC(Cn2cnc3ccccc32)c2ccc(F)cc2)cc1. The highest BCUT2D eigenvalue weighted by molar-refractivity contribution is 7.91. The molecule has 34 heavy (non-hydrogen) atoms. The van der Waals surface area contributed by atoms with Crippen LogP contribution in [0.25, 0.3) is 11.0 Å². The third-order valence-corrected chi connectivity index (χ3v) is 7.21. The van der Waals surface area contributed by atoms with Crippen LogP contribution in [0, 0.1) is 5.82 Å². The molecule has 0 radical (unpaired) electrons. The number of para-hydroxylation sites is 2. The number of fused-ring (bicyclic) bond motifs is 1. The van der Waals surface area contributed by atoms with Crippen molar-refractivity contribution in [3.63, 3.8) is 0 Å². The van der Waals surface area contributed by atoms with Crippen LogP contribution < -0.4 is 5.32 Å². The molecule has 1 atom stereocenters. The van der Waals surface area contributed by atoms with E-state index in [-0.39, 0.29) is 29.0 Å². The zero-order valence-corrected chi connectivity index (χ0v) is 19.3. The molecule has 1 unspecified atom stereocenters. The number of sulfone groups is 1. The Morgan fingerprint density at radius 3 is 2.47 bits per heavy atom. The van der Waals surface area contributed by atoms with Gasteiger partial charge < -0.3 is 14.6 Å². The number of ether oxygens (including phenoxy) is 1. The summed E-state index contributed by atoms with van der Waals surface area (Å²) < 4.78 is 44.9. The fraction of sp³-hybridized carbons (Fsp3) is 0.200. The van der Waals surface area contributed by atoms with Gasteiger partial charge in [-0.05, 0) is 54.1 Å². The first-order valence-electron chi connectivity index (χ1n) is 10.7. The Hall–Kier alpha value is -3.56. The maximum absolute atomic E-state index is 13.5. The molecule has 0 fully saturated rings. The van der Waals surface area contributed by atoms with Crippen LogP contribution in [0.15, 0.2) is 84.0 Å². The lowest BCUT2D eigenvalue weighted by Gasteiger charge is -2.20. The predicted molar refractivity (Wildman–Crippen MR) is 127 cm³/mol. The molecular formula is C25H24FN3O4S. The molecule has 7 nitrogen and oxygen atoms in total. The lowest BCUT2D eigenvalue weighted by Crippen LogP contribution is -2.31. The molecule has 0 saturated heterocycles. The topological polar surface area (TPSA) is 90.3 Å². The molecule has 0 aliphatic carbocycles. The highest BCUT2D eigenvalue weighted by Crippen LogP contribution is 2.21. The van der Waals surface area contributed by atoms with Crippen molar-refractivity contribution < 1.29 is 22.3 Å². The Labute approximate surface area is 197 Å². The average Bonchev–Trinajstić information content (AvgIpc) is 3.26. The molecule has 1 heterocycles. The minimum Gasteiger partial charge on any atom is -0.384 e. The molecule has 0 spiro atoms. The van der Waals surface area contributed by atoms with Crippen LogP contribution in [-0.4, -0.2) is 43.3 Å². The van der Waals surface area contributed by atoms with Crippen molar-refractivity contribution in [2.45, 2.75) is 17.5 Å². The molecule has 9 heteroatoms. The summed E-state index contributed by atoms with van der Waals surface area (Å²) in [5, 5.41) is 2.99. The van der Waals surface area contributed by atoms with Gasteiger partial charge in [0.05, 0.1) is 40.7 Å². The summed E-state index contributed by atoms with van der Waals surface area (Å²) >= 11 is 0. The number of nitrogens with one attached hydrogen (secondary N) is 1. The third-order valence-electron chi connectivity index (χ3n) is 5.52. The predicted octanol–water partition coefficient (Wildman–Crippen LogP) is 3.77. The van der Waals surface area contributed by atoms with Crippen LogP contribution in [0.2, 0.25) is 0 Å². The van der Waals surface area contributed by atoms with Crippen LogP contribution in [-0.2, 0) is 21.1 Å². The molecule has 1 aromatic heterocycles. The van der Waals surface area contributed by atoms with E-state index in [1.807, 2.05) is 28.8 Å². The highest BCUT2D eigenvalue weighted by Gasteiger charge is 2.19. The molecule has 0 aliphatic rings. The number of methoxy groups -OCH3 is 1. The van der Waals surface area contributed by atoms with E-state index in [4.69, 9.17) is 4.74 Å². The molecular weight excluding hydrogens is 457 g/mol. The van der Waals surface area contributed by atoms with Gasteiger partial charge in [-0.2, -0.15) is 0 Å². The number of aromatic nitrogens is 2. The van der Waals surface area contributed by atoms with E-state index < -0.39 is 15.9 Å². The molecule has 0 aliphatic heterocycles. The molecule has 0 bridgehead atoms. The lowest BCUT2D eigenvalue weighted by molar-refractivity contribution is 0.0932. The fourth-order valence-corrected chi connectivity index (χ4v) is 4.82. The van der Waals surface area contributed by atoms with E-state index in [1.54, 1.807) is 18.5 Å². The van der Waals surface area contributed by atoms with E-state index >= 15 is 0 Å². The number of hydrogen-bond donors (Lipinski definition) is 1. The third kappa shape index (κ3) is 5.32. The summed E-state index contributed by atoms with van der Waals surface area (Å²) in [7, 11) is -2.05. The minimum atomic E-state index is -3.49. The standard InChI is InChI=1S/C25H24FN3O4S/c1-33-14-15-34(31,32)21-12-8-19(9-13-21)25(30)28-23(18-6-10-20(26)11-7-18)16-29-17-27-22-4-2-3-5-24(22)29/h2-13,17,23H,14-16H2,1H3,(H,28,30). The van der Waals surface area contributed by atoms with Gasteiger partial charge in [-0.3, -0.25) is 4.79 Å². The van der Waals surface area contributed by atoms with E-state index in [0.29, 0.717) is 12.1 Å². The van der Waals surface area contributed by atoms with Crippen molar-refractivity contribution in [3.8, 4) is 0 Å². The second-order valence-electron chi connectivity index (χ2n) is 7.80. The Kier molecular flexibility index (Phi) is 7.04. The number of imidazole rings is 1. The second kappa shape index (κ2) is 10.1. The van der Waals surface area contributed by atoms with E-state index in [0.717, 1.165) is 16.6 Å². The van der Waals surface area contributed by atoms with Crippen molar-refractivity contribution in [1.82, 2.24) is 14.9 Å². The van der Waals surface area contributed by atoms with Gasteiger partial charge in [-0.15, -0.1) is 0 Å². The Bertz CT molecular complexity index is 1380. The fourth-order valence-electron chi connectivity index (χ4n) is 3.65. The quantitative estimate of drug-likeness (QED) is 0.393. The monoisotopic (exact) mass is 481 g/mol. The van der Waals surface area contributed by atoms with Crippen LogP contribution in [0.4, 0.5) is 4.39 Å². The van der Waals surface area contributed by atoms with Crippen LogP contribution in [0.3, 0.4) is 0 Å². The van der Waals surface area contributed by atoms with Crippen molar-refractivity contribution in [2.75, 3.05) is 19.5 Å². The maximum atomic E-state index is 13.5. The lowest BCUT2D eigenvalue weighted by atomic mass is 10.1. The van der Waals surface area contributed by atoms with Gasteiger partial charge in [-0.25, -0.2) is 17.8 Å². The zero-order valence-electron chi connectivity index (χ0n) is 18.5. The highest BCUT2D eigenvalue weighted by atomic mass is 32.2. The van der Waals surface area contributed by atoms with Gasteiger partial charge in [0.25, 0.3) is 5.91 Å². The Morgan fingerprint density at radius 2 is 1.76 bits per heavy atom. The Balaban J connectivity index is 1.57. The second-order valence-corrected chi connectivity index (χ2v) is 9.91. The van der Waals surface area contributed by atoms with Crippen LogP contribution in [0.5, 0.6) is 0 Å². The molecule has 0 saturated carbocycles. The van der Waals surface area contributed by atoms with Crippen molar-refractivity contribution in [2.24, 2.45) is 0 Å². The Morgan fingerprint density at radius 1 is 1.06 bits per heavy atom. The number of halogens is 1. The first kappa shape index (κ1) is 23.6. The van der Waals surface area contributed by atoms with Crippen molar-refractivity contribution in [1.29, 1.82) is 0 Å². The van der Waals surface area contributed by atoms with Gasteiger partial charge in [0.2, 0.25) is 0 Å². The molecule has 4 aromatic rings. The van der Waals surface area contributed by atoms with Crippen LogP contribution >= 0.6 is 0 Å².